The van der Waals surface area contributed by atoms with Crippen LogP contribution in [0, 0.1) is 5.82 Å². The van der Waals surface area contributed by atoms with Gasteiger partial charge in [-0.1, -0.05) is 0 Å². The van der Waals surface area contributed by atoms with Crippen molar-refractivity contribution in [2.45, 2.75) is 12.8 Å². The van der Waals surface area contributed by atoms with Crippen molar-refractivity contribution in [1.29, 1.82) is 0 Å². The third-order valence-corrected chi connectivity index (χ3v) is 2.13. The van der Waals surface area contributed by atoms with Crippen LogP contribution in [0.5, 0.6) is 5.75 Å². The van der Waals surface area contributed by atoms with Gasteiger partial charge >= 0.3 is 0 Å². The van der Waals surface area contributed by atoms with Crippen LogP contribution in [-0.2, 0) is 11.2 Å². The molecule has 0 heterocycles. The second kappa shape index (κ2) is 6.07. The van der Waals surface area contributed by atoms with E-state index < -0.39 is 0 Å². The molecule has 0 fully saturated rings. The molecule has 0 aromatic heterocycles. The fourth-order valence-electron chi connectivity index (χ4n) is 1.39. The van der Waals surface area contributed by atoms with Crippen molar-refractivity contribution in [2.24, 2.45) is 0 Å². The van der Waals surface area contributed by atoms with Gasteiger partial charge in [0, 0.05) is 13.5 Å². The maximum Gasteiger partial charge on any atom is 0.234 e. The molecule has 0 saturated heterocycles. The number of benzene rings is 1. The largest absolute Gasteiger partial charge is 0.496 e. The number of aryl methyl sites for hydroxylation is 1. The van der Waals surface area contributed by atoms with Crippen LogP contribution >= 0.6 is 0 Å². The number of amides is 1. The summed E-state index contributed by atoms with van der Waals surface area (Å²) in [6, 6.07) is 4.27. The summed E-state index contributed by atoms with van der Waals surface area (Å²) in [4.78, 5) is 11.2. The fourth-order valence-corrected chi connectivity index (χ4v) is 1.39. The van der Waals surface area contributed by atoms with Crippen molar-refractivity contribution >= 4 is 5.91 Å². The zero-order valence-corrected chi connectivity index (χ0v) is 9.34. The Morgan fingerprint density at radius 3 is 2.88 bits per heavy atom. The van der Waals surface area contributed by atoms with Gasteiger partial charge in [-0.25, -0.2) is 9.82 Å². The first-order valence-electron chi connectivity index (χ1n) is 4.95. The van der Waals surface area contributed by atoms with Crippen molar-refractivity contribution in [3.8, 4) is 5.75 Å². The van der Waals surface area contributed by atoms with Gasteiger partial charge < -0.3 is 4.74 Å². The zero-order chi connectivity index (χ0) is 12.0. The van der Waals surface area contributed by atoms with Gasteiger partial charge in [0.2, 0.25) is 5.91 Å². The molecule has 88 valence electrons. The molecular formula is C11H15FN2O2. The topological polar surface area (TPSA) is 50.4 Å². The van der Waals surface area contributed by atoms with Crippen LogP contribution in [0.3, 0.4) is 0 Å². The molecule has 0 radical (unpaired) electrons. The summed E-state index contributed by atoms with van der Waals surface area (Å²) in [6.07, 6.45) is 0.717. The molecule has 4 nitrogen and oxygen atoms in total. The number of nitrogens with one attached hydrogen (secondary N) is 2. The van der Waals surface area contributed by atoms with Gasteiger partial charge in [0.25, 0.3) is 0 Å². The molecule has 1 aromatic carbocycles. The number of carbonyl (C=O) groups is 1. The molecular weight excluding hydrogens is 211 g/mol. The zero-order valence-electron chi connectivity index (χ0n) is 9.34. The van der Waals surface area contributed by atoms with E-state index in [0.29, 0.717) is 17.7 Å². The van der Waals surface area contributed by atoms with E-state index in [4.69, 9.17) is 4.74 Å². The number of hydrazine groups is 1. The minimum Gasteiger partial charge on any atom is -0.496 e. The van der Waals surface area contributed by atoms with Gasteiger partial charge in [0.1, 0.15) is 11.6 Å². The minimum atomic E-state index is -0.329. The number of hydrogen-bond donors (Lipinski definition) is 2. The van der Waals surface area contributed by atoms with E-state index in [1.807, 2.05) is 0 Å². The summed E-state index contributed by atoms with van der Waals surface area (Å²) in [5, 5.41) is 0. The Labute approximate surface area is 93.8 Å². The van der Waals surface area contributed by atoms with Crippen LogP contribution in [0.25, 0.3) is 0 Å². The Hall–Kier alpha value is -1.62. The first-order valence-corrected chi connectivity index (χ1v) is 4.95. The van der Waals surface area contributed by atoms with E-state index >= 15 is 0 Å². The van der Waals surface area contributed by atoms with Crippen molar-refractivity contribution in [3.05, 3.63) is 29.6 Å². The number of rotatable bonds is 5. The molecule has 0 atom stereocenters. The van der Waals surface area contributed by atoms with E-state index in [1.165, 1.54) is 19.2 Å². The average Bonchev–Trinajstić information content (AvgIpc) is 2.27. The van der Waals surface area contributed by atoms with E-state index in [1.54, 1.807) is 13.1 Å². The first-order chi connectivity index (χ1) is 7.67. The van der Waals surface area contributed by atoms with Crippen molar-refractivity contribution in [3.63, 3.8) is 0 Å². The van der Waals surface area contributed by atoms with E-state index in [0.717, 1.165) is 0 Å². The normalized spacial score (nSPS) is 9.94. The molecule has 0 spiro atoms. The number of halogens is 1. The molecule has 0 aliphatic carbocycles. The molecule has 0 aliphatic rings. The maximum absolute atomic E-state index is 13.0. The second-order valence-electron chi connectivity index (χ2n) is 3.25. The minimum absolute atomic E-state index is 0.145. The van der Waals surface area contributed by atoms with Gasteiger partial charge in [0.05, 0.1) is 7.11 Å². The van der Waals surface area contributed by atoms with E-state index in [-0.39, 0.29) is 18.1 Å². The van der Waals surface area contributed by atoms with E-state index in [9.17, 15) is 9.18 Å². The highest BCUT2D eigenvalue weighted by Gasteiger charge is 2.07. The van der Waals surface area contributed by atoms with Crippen LogP contribution in [0.1, 0.15) is 12.0 Å². The van der Waals surface area contributed by atoms with Crippen molar-refractivity contribution < 1.29 is 13.9 Å². The van der Waals surface area contributed by atoms with Gasteiger partial charge in [-0.05, 0) is 30.2 Å². The highest BCUT2D eigenvalue weighted by atomic mass is 19.1. The lowest BCUT2D eigenvalue weighted by molar-refractivity contribution is -0.121. The molecule has 0 aliphatic heterocycles. The summed E-state index contributed by atoms with van der Waals surface area (Å²) in [5.74, 6) is 0.122. The standard InChI is InChI=1S/C11H15FN2O2/c1-13-14-11(15)6-3-8-7-9(12)4-5-10(8)16-2/h4-5,7,13H,3,6H2,1-2H3,(H,14,15). The maximum atomic E-state index is 13.0. The fraction of sp³-hybridized carbons (Fsp3) is 0.364. The molecule has 16 heavy (non-hydrogen) atoms. The quantitative estimate of drug-likeness (QED) is 0.737. The van der Waals surface area contributed by atoms with Crippen molar-refractivity contribution in [1.82, 2.24) is 10.9 Å². The molecule has 1 rings (SSSR count). The molecule has 0 bridgehead atoms. The second-order valence-corrected chi connectivity index (χ2v) is 3.25. The van der Waals surface area contributed by atoms with Crippen LogP contribution in [0.15, 0.2) is 18.2 Å². The Balaban J connectivity index is 2.65. The summed E-state index contributed by atoms with van der Waals surface area (Å²) in [6.45, 7) is 0. The first kappa shape index (κ1) is 12.4. The number of methoxy groups -OCH3 is 1. The van der Waals surface area contributed by atoms with Crippen LogP contribution in [-0.4, -0.2) is 20.1 Å². The lowest BCUT2D eigenvalue weighted by Gasteiger charge is -2.08. The number of hydrogen-bond acceptors (Lipinski definition) is 3. The van der Waals surface area contributed by atoms with E-state index in [2.05, 4.69) is 10.9 Å². The smallest absolute Gasteiger partial charge is 0.234 e. The molecule has 0 unspecified atom stereocenters. The summed E-state index contributed by atoms with van der Waals surface area (Å²) < 4.78 is 18.1. The number of ether oxygens (including phenoxy) is 1. The third kappa shape index (κ3) is 3.51. The Morgan fingerprint density at radius 2 is 2.25 bits per heavy atom. The summed E-state index contributed by atoms with van der Waals surface area (Å²) in [7, 11) is 3.13. The number of carbonyl (C=O) groups excluding carboxylic acids is 1. The average molecular weight is 226 g/mol. The van der Waals surface area contributed by atoms with Gasteiger partial charge in [-0.2, -0.15) is 0 Å². The SMILES string of the molecule is CNNC(=O)CCc1cc(F)ccc1OC. The Kier molecular flexibility index (Phi) is 4.72. The highest BCUT2D eigenvalue weighted by Crippen LogP contribution is 2.20. The highest BCUT2D eigenvalue weighted by molar-refractivity contribution is 5.75. The van der Waals surface area contributed by atoms with Gasteiger partial charge in [-0.3, -0.25) is 10.2 Å². The summed E-state index contributed by atoms with van der Waals surface area (Å²) >= 11 is 0. The van der Waals surface area contributed by atoms with Crippen LogP contribution in [0.2, 0.25) is 0 Å². The molecule has 5 heteroatoms. The Morgan fingerprint density at radius 1 is 1.50 bits per heavy atom. The van der Waals surface area contributed by atoms with Crippen molar-refractivity contribution in [2.75, 3.05) is 14.2 Å². The third-order valence-electron chi connectivity index (χ3n) is 2.13. The Bertz CT molecular complexity index is 369. The monoisotopic (exact) mass is 226 g/mol. The molecule has 0 saturated carbocycles. The van der Waals surface area contributed by atoms with Gasteiger partial charge in [-0.15, -0.1) is 0 Å². The predicted octanol–water partition coefficient (Wildman–Crippen LogP) is 1.02. The molecule has 1 amide bonds. The lowest BCUT2D eigenvalue weighted by Crippen LogP contribution is -2.34. The van der Waals surface area contributed by atoms with Crippen LogP contribution in [0.4, 0.5) is 4.39 Å². The van der Waals surface area contributed by atoms with Crippen LogP contribution < -0.4 is 15.6 Å². The van der Waals surface area contributed by atoms with Gasteiger partial charge in [0.15, 0.2) is 0 Å². The summed E-state index contributed by atoms with van der Waals surface area (Å²) in [5.41, 5.74) is 5.67. The molecule has 2 N–H and O–H groups in total. The lowest BCUT2D eigenvalue weighted by atomic mass is 10.1. The predicted molar refractivity (Wildman–Crippen MR) is 58.5 cm³/mol. The molecule has 1 aromatic rings.